The zero-order valence-corrected chi connectivity index (χ0v) is 12.5. The molecule has 1 aliphatic heterocycles. The average Bonchev–Trinajstić information content (AvgIpc) is 2.46. The summed E-state index contributed by atoms with van der Waals surface area (Å²) in [6.45, 7) is 5.91. The highest BCUT2D eigenvalue weighted by Gasteiger charge is 2.38. The molecule has 1 saturated heterocycles. The zero-order valence-electron chi connectivity index (χ0n) is 12.5. The maximum atomic E-state index is 11.0. The molecule has 5 nitrogen and oxygen atoms in total. The van der Waals surface area contributed by atoms with Gasteiger partial charge in [0.15, 0.2) is 0 Å². The van der Waals surface area contributed by atoms with Gasteiger partial charge in [-0.3, -0.25) is 9.69 Å². The van der Waals surface area contributed by atoms with Crippen LogP contribution in [0.3, 0.4) is 0 Å². The molecule has 2 fully saturated rings. The number of piperidine rings is 1. The van der Waals surface area contributed by atoms with Crippen molar-refractivity contribution in [2.45, 2.75) is 57.1 Å². The molecule has 1 heterocycles. The van der Waals surface area contributed by atoms with Crippen LogP contribution in [0.5, 0.6) is 0 Å². The number of rotatable bonds is 5. The molecule has 116 valence electrons. The van der Waals surface area contributed by atoms with E-state index in [9.17, 15) is 9.90 Å². The first-order chi connectivity index (χ1) is 9.54. The van der Waals surface area contributed by atoms with E-state index in [0.717, 1.165) is 32.5 Å². The summed E-state index contributed by atoms with van der Waals surface area (Å²) in [5, 5.41) is 23.2. The third kappa shape index (κ3) is 3.93. The van der Waals surface area contributed by atoms with Gasteiger partial charge in [0.1, 0.15) is 0 Å². The Hall–Kier alpha value is -0.650. The van der Waals surface area contributed by atoms with Crippen LogP contribution in [-0.4, -0.2) is 58.9 Å². The van der Waals surface area contributed by atoms with E-state index in [-0.39, 0.29) is 5.92 Å². The van der Waals surface area contributed by atoms with E-state index in [1.807, 2.05) is 0 Å². The highest BCUT2D eigenvalue weighted by atomic mass is 16.4. The summed E-state index contributed by atoms with van der Waals surface area (Å²) < 4.78 is 0. The number of nitrogens with zero attached hydrogens (tertiary/aromatic N) is 1. The molecule has 0 radical (unpaired) electrons. The molecule has 2 aliphatic rings. The quantitative estimate of drug-likeness (QED) is 0.704. The molecule has 1 saturated carbocycles. The van der Waals surface area contributed by atoms with Crippen molar-refractivity contribution in [1.82, 2.24) is 10.2 Å². The lowest BCUT2D eigenvalue weighted by Gasteiger charge is -2.42. The van der Waals surface area contributed by atoms with Gasteiger partial charge in [0, 0.05) is 12.6 Å². The van der Waals surface area contributed by atoms with Crippen LogP contribution in [0.2, 0.25) is 0 Å². The molecule has 0 spiro atoms. The largest absolute Gasteiger partial charge is 0.481 e. The molecule has 20 heavy (non-hydrogen) atoms. The van der Waals surface area contributed by atoms with Crippen LogP contribution in [0.25, 0.3) is 0 Å². The molecule has 5 heteroatoms. The average molecular weight is 284 g/mol. The Labute approximate surface area is 121 Å². The lowest BCUT2D eigenvalue weighted by Crippen LogP contribution is -2.51. The molecular weight excluding hydrogens is 256 g/mol. The number of carboxylic acids is 1. The van der Waals surface area contributed by atoms with E-state index < -0.39 is 11.6 Å². The van der Waals surface area contributed by atoms with Crippen molar-refractivity contribution in [2.75, 3.05) is 26.2 Å². The summed E-state index contributed by atoms with van der Waals surface area (Å²) in [6.07, 6.45) is 4.73. The van der Waals surface area contributed by atoms with Crippen LogP contribution in [0, 0.1) is 5.92 Å². The fourth-order valence-electron chi connectivity index (χ4n) is 3.61. The van der Waals surface area contributed by atoms with Crippen molar-refractivity contribution in [3.8, 4) is 0 Å². The normalized spacial score (nSPS) is 32.5. The second-order valence-electron chi connectivity index (χ2n) is 6.38. The Morgan fingerprint density at radius 2 is 1.85 bits per heavy atom. The fraction of sp³-hybridized carbons (Fsp3) is 0.933. The summed E-state index contributed by atoms with van der Waals surface area (Å²) in [5.41, 5.74) is -0.688. The van der Waals surface area contributed by atoms with Gasteiger partial charge in [-0.05, 0) is 58.2 Å². The Kier molecular flexibility index (Phi) is 5.41. The smallest absolute Gasteiger partial charge is 0.306 e. The number of likely N-dealkylation sites (N-methyl/N-ethyl adjacent to an activating group) is 1. The number of carbonyl (C=O) groups is 1. The van der Waals surface area contributed by atoms with Crippen molar-refractivity contribution < 1.29 is 15.0 Å². The zero-order chi connectivity index (χ0) is 14.6. The molecule has 0 aromatic carbocycles. The van der Waals surface area contributed by atoms with Crippen molar-refractivity contribution >= 4 is 5.97 Å². The minimum absolute atomic E-state index is 0.260. The minimum atomic E-state index is -0.710. The van der Waals surface area contributed by atoms with Gasteiger partial charge in [0.05, 0.1) is 11.5 Å². The molecule has 2 rings (SSSR count). The molecular formula is C15H28N2O3. The molecule has 0 unspecified atom stereocenters. The minimum Gasteiger partial charge on any atom is -0.481 e. The third-order valence-corrected chi connectivity index (χ3v) is 4.99. The monoisotopic (exact) mass is 284 g/mol. The van der Waals surface area contributed by atoms with Crippen LogP contribution in [-0.2, 0) is 4.79 Å². The van der Waals surface area contributed by atoms with Crippen LogP contribution in [0.1, 0.15) is 45.4 Å². The Balaban J connectivity index is 1.88. The first kappa shape index (κ1) is 15.7. The maximum Gasteiger partial charge on any atom is 0.306 e. The number of aliphatic carboxylic acids is 1. The number of hydrogen-bond acceptors (Lipinski definition) is 4. The van der Waals surface area contributed by atoms with Crippen molar-refractivity contribution in [2.24, 2.45) is 5.92 Å². The van der Waals surface area contributed by atoms with E-state index in [1.54, 1.807) is 0 Å². The molecule has 0 atom stereocenters. The van der Waals surface area contributed by atoms with Crippen LogP contribution in [0.15, 0.2) is 0 Å². The van der Waals surface area contributed by atoms with Gasteiger partial charge < -0.3 is 15.5 Å². The molecule has 0 bridgehead atoms. The highest BCUT2D eigenvalue weighted by Crippen LogP contribution is 2.33. The molecule has 0 aromatic heterocycles. The molecule has 0 aromatic rings. The second kappa shape index (κ2) is 6.87. The van der Waals surface area contributed by atoms with Gasteiger partial charge in [-0.1, -0.05) is 6.92 Å². The van der Waals surface area contributed by atoms with E-state index in [4.69, 9.17) is 5.11 Å². The SMILES string of the molecule is CCN(CC1(O)CCC(C(=O)O)CC1)C1CCNCC1. The van der Waals surface area contributed by atoms with Crippen molar-refractivity contribution in [1.29, 1.82) is 0 Å². The lowest BCUT2D eigenvalue weighted by atomic mass is 9.78. The summed E-state index contributed by atoms with van der Waals surface area (Å²) in [5.74, 6) is -0.970. The third-order valence-electron chi connectivity index (χ3n) is 4.99. The van der Waals surface area contributed by atoms with E-state index >= 15 is 0 Å². The van der Waals surface area contributed by atoms with Crippen molar-refractivity contribution in [3.05, 3.63) is 0 Å². The fourth-order valence-corrected chi connectivity index (χ4v) is 3.61. The Morgan fingerprint density at radius 1 is 1.25 bits per heavy atom. The van der Waals surface area contributed by atoms with Gasteiger partial charge in [-0.25, -0.2) is 0 Å². The number of carboxylic acid groups (broad SMARTS) is 1. The maximum absolute atomic E-state index is 11.0. The van der Waals surface area contributed by atoms with E-state index in [1.165, 1.54) is 0 Å². The number of hydrogen-bond donors (Lipinski definition) is 3. The van der Waals surface area contributed by atoms with Crippen LogP contribution < -0.4 is 5.32 Å². The summed E-state index contributed by atoms with van der Waals surface area (Å²) >= 11 is 0. The highest BCUT2D eigenvalue weighted by molar-refractivity contribution is 5.70. The summed E-state index contributed by atoms with van der Waals surface area (Å²) in [4.78, 5) is 13.4. The van der Waals surface area contributed by atoms with Crippen LogP contribution >= 0.6 is 0 Å². The second-order valence-corrected chi connectivity index (χ2v) is 6.38. The van der Waals surface area contributed by atoms with Gasteiger partial charge >= 0.3 is 5.97 Å². The summed E-state index contributed by atoms with van der Waals surface area (Å²) in [6, 6.07) is 0.558. The Bertz CT molecular complexity index is 321. The lowest BCUT2D eigenvalue weighted by molar-refractivity contribution is -0.145. The summed E-state index contributed by atoms with van der Waals surface area (Å²) in [7, 11) is 0. The Morgan fingerprint density at radius 3 is 2.35 bits per heavy atom. The molecule has 1 aliphatic carbocycles. The van der Waals surface area contributed by atoms with Crippen LogP contribution in [0.4, 0.5) is 0 Å². The molecule has 3 N–H and O–H groups in total. The standard InChI is InChI=1S/C15H28N2O3/c1-2-17(13-5-9-16-10-6-13)11-15(20)7-3-12(4-8-15)14(18)19/h12-13,16,20H,2-11H2,1H3,(H,18,19). The predicted octanol–water partition coefficient (Wildman–Crippen LogP) is 1.07. The topological polar surface area (TPSA) is 72.8 Å². The predicted molar refractivity (Wildman–Crippen MR) is 77.7 cm³/mol. The van der Waals surface area contributed by atoms with Gasteiger partial charge in [-0.2, -0.15) is 0 Å². The number of aliphatic hydroxyl groups is 1. The van der Waals surface area contributed by atoms with Gasteiger partial charge in [0.25, 0.3) is 0 Å². The first-order valence-electron chi connectivity index (χ1n) is 7.94. The van der Waals surface area contributed by atoms with Gasteiger partial charge in [0.2, 0.25) is 0 Å². The number of nitrogens with one attached hydrogen (secondary N) is 1. The molecule has 0 amide bonds. The van der Waals surface area contributed by atoms with Gasteiger partial charge in [-0.15, -0.1) is 0 Å². The van der Waals surface area contributed by atoms with E-state index in [2.05, 4.69) is 17.1 Å². The first-order valence-corrected chi connectivity index (χ1v) is 7.94. The van der Waals surface area contributed by atoms with Crippen molar-refractivity contribution in [3.63, 3.8) is 0 Å². The van der Waals surface area contributed by atoms with E-state index in [0.29, 0.717) is 38.3 Å².